The van der Waals surface area contributed by atoms with E-state index in [1.807, 2.05) is 6.92 Å². The van der Waals surface area contributed by atoms with E-state index in [0.29, 0.717) is 23.7 Å². The summed E-state index contributed by atoms with van der Waals surface area (Å²) in [6, 6.07) is 2.98. The summed E-state index contributed by atoms with van der Waals surface area (Å²) >= 11 is 6.08. The Bertz CT molecular complexity index is 634. The third-order valence-corrected chi connectivity index (χ3v) is 3.56. The van der Waals surface area contributed by atoms with Crippen LogP contribution < -0.4 is 19.5 Å². The molecule has 0 bridgehead atoms. The maximum Gasteiger partial charge on any atom is 0.251 e. The Kier molecular flexibility index (Phi) is 6.92. The Labute approximate surface area is 135 Å². The molecule has 0 aliphatic rings. The molecule has 0 aliphatic heterocycles. The topological polar surface area (TPSA) is 93.7 Å². The standard InChI is InChI=1S/C13H19ClN2O5S/c1-4-21-12-10(14)7-9(8-11(12)20-2)13(17)15-5-6-16-22(3,18)19/h7-8,16H,4-6H2,1-3H3,(H,15,17). The minimum absolute atomic E-state index is 0.104. The molecule has 0 heterocycles. The Morgan fingerprint density at radius 3 is 2.55 bits per heavy atom. The van der Waals surface area contributed by atoms with Gasteiger partial charge in [0.25, 0.3) is 5.91 Å². The Hall–Kier alpha value is -1.51. The lowest BCUT2D eigenvalue weighted by molar-refractivity contribution is 0.0954. The van der Waals surface area contributed by atoms with Crippen molar-refractivity contribution in [2.24, 2.45) is 0 Å². The lowest BCUT2D eigenvalue weighted by Crippen LogP contribution is -2.34. The van der Waals surface area contributed by atoms with Gasteiger partial charge in [-0.2, -0.15) is 0 Å². The van der Waals surface area contributed by atoms with E-state index in [0.717, 1.165) is 6.26 Å². The fourth-order valence-electron chi connectivity index (χ4n) is 1.65. The van der Waals surface area contributed by atoms with Crippen LogP contribution in [0, 0.1) is 0 Å². The molecular formula is C13H19ClN2O5S. The van der Waals surface area contributed by atoms with Gasteiger partial charge < -0.3 is 14.8 Å². The molecule has 2 N–H and O–H groups in total. The summed E-state index contributed by atoms with van der Waals surface area (Å²) in [5.41, 5.74) is 0.296. The molecule has 0 saturated heterocycles. The minimum Gasteiger partial charge on any atom is -0.493 e. The molecule has 0 radical (unpaired) electrons. The molecule has 1 rings (SSSR count). The van der Waals surface area contributed by atoms with Crippen LogP contribution in [0.5, 0.6) is 11.5 Å². The van der Waals surface area contributed by atoms with Gasteiger partial charge in [0.15, 0.2) is 11.5 Å². The van der Waals surface area contributed by atoms with Gasteiger partial charge >= 0.3 is 0 Å². The van der Waals surface area contributed by atoms with Crippen molar-refractivity contribution in [2.45, 2.75) is 6.92 Å². The van der Waals surface area contributed by atoms with Crippen molar-refractivity contribution in [3.63, 3.8) is 0 Å². The van der Waals surface area contributed by atoms with Crippen molar-refractivity contribution in [1.82, 2.24) is 10.0 Å². The molecule has 1 amide bonds. The van der Waals surface area contributed by atoms with E-state index < -0.39 is 15.9 Å². The minimum atomic E-state index is -3.27. The maximum absolute atomic E-state index is 12.0. The Morgan fingerprint density at radius 2 is 2.00 bits per heavy atom. The molecule has 0 atom stereocenters. The first-order chi connectivity index (χ1) is 10.3. The fourth-order valence-corrected chi connectivity index (χ4v) is 2.39. The average Bonchev–Trinajstić information content (AvgIpc) is 2.44. The maximum atomic E-state index is 12.0. The van der Waals surface area contributed by atoms with Gasteiger partial charge in [-0.15, -0.1) is 0 Å². The van der Waals surface area contributed by atoms with E-state index in [1.54, 1.807) is 0 Å². The Morgan fingerprint density at radius 1 is 1.32 bits per heavy atom. The van der Waals surface area contributed by atoms with Crippen LogP contribution in [0.25, 0.3) is 0 Å². The van der Waals surface area contributed by atoms with E-state index in [9.17, 15) is 13.2 Å². The average molecular weight is 351 g/mol. The van der Waals surface area contributed by atoms with Crippen LogP contribution in [0.1, 0.15) is 17.3 Å². The number of carbonyl (C=O) groups is 1. The lowest BCUT2D eigenvalue weighted by atomic mass is 10.2. The molecule has 124 valence electrons. The zero-order valence-electron chi connectivity index (χ0n) is 12.6. The van der Waals surface area contributed by atoms with Gasteiger partial charge in [-0.05, 0) is 19.1 Å². The number of rotatable bonds is 8. The van der Waals surface area contributed by atoms with Gasteiger partial charge in [-0.1, -0.05) is 11.6 Å². The summed E-state index contributed by atoms with van der Waals surface area (Å²) in [6.45, 7) is 2.48. The van der Waals surface area contributed by atoms with Crippen molar-refractivity contribution in [3.8, 4) is 11.5 Å². The molecule has 22 heavy (non-hydrogen) atoms. The summed E-state index contributed by atoms with van der Waals surface area (Å²) in [5, 5.41) is 2.85. The number of hydrogen-bond donors (Lipinski definition) is 2. The second kappa shape index (κ2) is 8.21. The third kappa shape index (κ3) is 5.70. The van der Waals surface area contributed by atoms with E-state index in [-0.39, 0.29) is 18.1 Å². The quantitative estimate of drug-likeness (QED) is 0.683. The monoisotopic (exact) mass is 350 g/mol. The van der Waals surface area contributed by atoms with Gasteiger partial charge in [0.1, 0.15) is 0 Å². The largest absolute Gasteiger partial charge is 0.493 e. The number of nitrogens with one attached hydrogen (secondary N) is 2. The summed E-state index contributed by atoms with van der Waals surface area (Å²) in [5.74, 6) is 0.342. The van der Waals surface area contributed by atoms with Crippen molar-refractivity contribution in [2.75, 3.05) is 33.1 Å². The first kappa shape index (κ1) is 18.5. The normalized spacial score (nSPS) is 11.1. The summed E-state index contributed by atoms with van der Waals surface area (Å²) < 4.78 is 34.6. The highest BCUT2D eigenvalue weighted by Crippen LogP contribution is 2.36. The van der Waals surface area contributed by atoms with Gasteiger partial charge in [-0.25, -0.2) is 13.1 Å². The molecule has 0 fully saturated rings. The zero-order valence-corrected chi connectivity index (χ0v) is 14.2. The molecule has 0 aliphatic carbocycles. The molecule has 0 saturated carbocycles. The van der Waals surface area contributed by atoms with Crippen LogP contribution in [-0.2, 0) is 10.0 Å². The number of carbonyl (C=O) groups excluding carboxylic acids is 1. The number of halogens is 1. The van der Waals surface area contributed by atoms with Crippen molar-refractivity contribution in [1.29, 1.82) is 0 Å². The van der Waals surface area contributed by atoms with Crippen LogP contribution in [0.3, 0.4) is 0 Å². The molecule has 1 aromatic carbocycles. The molecule has 9 heteroatoms. The van der Waals surface area contributed by atoms with E-state index in [1.165, 1.54) is 19.2 Å². The second-order valence-corrected chi connectivity index (χ2v) is 6.59. The van der Waals surface area contributed by atoms with Crippen LogP contribution >= 0.6 is 11.6 Å². The molecule has 1 aromatic rings. The van der Waals surface area contributed by atoms with Crippen molar-refractivity contribution in [3.05, 3.63) is 22.7 Å². The van der Waals surface area contributed by atoms with Crippen LogP contribution in [0.15, 0.2) is 12.1 Å². The molecular weight excluding hydrogens is 332 g/mol. The molecule has 7 nitrogen and oxygen atoms in total. The highest BCUT2D eigenvalue weighted by atomic mass is 35.5. The fraction of sp³-hybridized carbons (Fsp3) is 0.462. The number of hydrogen-bond acceptors (Lipinski definition) is 5. The van der Waals surface area contributed by atoms with E-state index in [2.05, 4.69) is 10.0 Å². The highest BCUT2D eigenvalue weighted by molar-refractivity contribution is 7.88. The SMILES string of the molecule is CCOc1c(Cl)cc(C(=O)NCCNS(C)(=O)=O)cc1OC. The van der Waals surface area contributed by atoms with Crippen molar-refractivity contribution < 1.29 is 22.7 Å². The smallest absolute Gasteiger partial charge is 0.251 e. The number of sulfonamides is 1. The summed E-state index contributed by atoms with van der Waals surface area (Å²) in [6.07, 6.45) is 1.05. The van der Waals surface area contributed by atoms with Gasteiger partial charge in [0, 0.05) is 18.7 Å². The van der Waals surface area contributed by atoms with Gasteiger partial charge in [0.05, 0.1) is 25.0 Å². The zero-order chi connectivity index (χ0) is 16.8. The number of amides is 1. The third-order valence-electron chi connectivity index (χ3n) is 2.56. The number of methoxy groups -OCH3 is 1. The lowest BCUT2D eigenvalue weighted by Gasteiger charge is -2.13. The molecule has 0 aromatic heterocycles. The molecule has 0 unspecified atom stereocenters. The Balaban J connectivity index is 2.75. The number of ether oxygens (including phenoxy) is 2. The molecule has 0 spiro atoms. The van der Waals surface area contributed by atoms with Crippen LogP contribution in [0.4, 0.5) is 0 Å². The number of benzene rings is 1. The van der Waals surface area contributed by atoms with E-state index in [4.69, 9.17) is 21.1 Å². The second-order valence-electron chi connectivity index (χ2n) is 4.34. The highest BCUT2D eigenvalue weighted by Gasteiger charge is 2.15. The predicted octanol–water partition coefficient (Wildman–Crippen LogP) is 1.03. The van der Waals surface area contributed by atoms with Gasteiger partial charge in [0.2, 0.25) is 10.0 Å². The van der Waals surface area contributed by atoms with E-state index >= 15 is 0 Å². The summed E-state index contributed by atoms with van der Waals surface area (Å²) in [7, 11) is -1.82. The van der Waals surface area contributed by atoms with Gasteiger partial charge in [-0.3, -0.25) is 4.79 Å². The predicted molar refractivity (Wildman–Crippen MR) is 84.4 cm³/mol. The summed E-state index contributed by atoms with van der Waals surface area (Å²) in [4.78, 5) is 12.0. The first-order valence-corrected chi connectivity index (χ1v) is 8.78. The van der Waals surface area contributed by atoms with Crippen molar-refractivity contribution >= 4 is 27.5 Å². The van der Waals surface area contributed by atoms with Crippen LogP contribution in [-0.4, -0.2) is 47.4 Å². The van der Waals surface area contributed by atoms with Crippen LogP contribution in [0.2, 0.25) is 5.02 Å². The first-order valence-electron chi connectivity index (χ1n) is 6.51.